The summed E-state index contributed by atoms with van der Waals surface area (Å²) in [5.41, 5.74) is 0.758. The first-order chi connectivity index (χ1) is 12.3. The summed E-state index contributed by atoms with van der Waals surface area (Å²) in [4.78, 5) is 11.6. The fourth-order valence-corrected chi connectivity index (χ4v) is 15.0. The molecule has 0 aliphatic carbocycles. The Balaban J connectivity index is 2.37. The van der Waals surface area contributed by atoms with Gasteiger partial charge in [0, 0.05) is 23.3 Å². The molecule has 2 rings (SSSR count). The van der Waals surface area contributed by atoms with Crippen LogP contribution in [0.4, 0.5) is 0 Å². The fourth-order valence-electron chi connectivity index (χ4n) is 2.56. The van der Waals surface area contributed by atoms with Gasteiger partial charge in [-0.2, -0.15) is 0 Å². The molecule has 1 saturated heterocycles. The molecular weight excluding hydrogens is 433 g/mol. The van der Waals surface area contributed by atoms with E-state index in [0.717, 1.165) is 33.2 Å². The molecule has 0 aromatic heterocycles. The van der Waals surface area contributed by atoms with Crippen LogP contribution < -0.4 is 0 Å². The number of benzene rings is 1. The van der Waals surface area contributed by atoms with E-state index < -0.39 is 31.4 Å². The van der Waals surface area contributed by atoms with E-state index in [1.807, 2.05) is 18.2 Å². The molecule has 1 amide bonds. The van der Waals surface area contributed by atoms with Crippen LogP contribution in [0, 0.1) is 0 Å². The zero-order valence-electron chi connectivity index (χ0n) is 14.7. The van der Waals surface area contributed by atoms with Crippen molar-refractivity contribution < 1.29 is 21.6 Å². The third-order valence-corrected chi connectivity index (χ3v) is 17.0. The summed E-state index contributed by atoms with van der Waals surface area (Å²) in [6, 6.07) is 8.50. The van der Waals surface area contributed by atoms with E-state index in [1.54, 1.807) is 32.9 Å². The van der Waals surface area contributed by atoms with Gasteiger partial charge in [0.1, 0.15) is 9.43 Å². The quantitative estimate of drug-likeness (QED) is 0.403. The normalized spacial score (nSPS) is 21.1. The SMILES string of the molecule is CCOSP(=S)(SOCC)C1CC(=O)N(C(C)c2ccccc2)S1(=O)=O. The summed E-state index contributed by atoms with van der Waals surface area (Å²) < 4.78 is 35.4. The van der Waals surface area contributed by atoms with E-state index in [1.165, 1.54) is 0 Å². The summed E-state index contributed by atoms with van der Waals surface area (Å²) in [7, 11) is -3.92. The van der Waals surface area contributed by atoms with Crippen molar-refractivity contribution >= 4 is 55.5 Å². The Morgan fingerprint density at radius 3 is 2.27 bits per heavy atom. The van der Waals surface area contributed by atoms with Crippen LogP contribution in [0.1, 0.15) is 38.8 Å². The largest absolute Gasteiger partial charge is 0.310 e. The highest BCUT2D eigenvalue weighted by atomic mass is 33.2. The lowest BCUT2D eigenvalue weighted by Crippen LogP contribution is -2.34. The van der Waals surface area contributed by atoms with Crippen LogP contribution in [0.2, 0.25) is 0 Å². The molecule has 1 aromatic carbocycles. The van der Waals surface area contributed by atoms with Gasteiger partial charge in [-0.25, -0.2) is 12.7 Å². The van der Waals surface area contributed by atoms with Gasteiger partial charge in [0.15, 0.2) is 0 Å². The number of carbonyl (C=O) groups excluding carboxylic acids is 1. The van der Waals surface area contributed by atoms with Crippen LogP contribution in [-0.4, -0.2) is 36.8 Å². The average molecular weight is 456 g/mol. The highest BCUT2D eigenvalue weighted by molar-refractivity contribution is 8.99. The van der Waals surface area contributed by atoms with Crippen molar-refractivity contribution in [2.75, 3.05) is 13.2 Å². The molecule has 2 unspecified atom stereocenters. The van der Waals surface area contributed by atoms with Crippen LogP contribution >= 0.6 is 27.8 Å². The van der Waals surface area contributed by atoms with Gasteiger partial charge in [0.2, 0.25) is 15.9 Å². The maximum absolute atomic E-state index is 13.2. The minimum absolute atomic E-state index is 0.142. The Labute approximate surface area is 168 Å². The minimum atomic E-state index is -3.92. The van der Waals surface area contributed by atoms with Crippen LogP contribution in [0.3, 0.4) is 0 Å². The lowest BCUT2D eigenvalue weighted by atomic mass is 10.1. The molecule has 0 spiro atoms. The van der Waals surface area contributed by atoms with Crippen molar-refractivity contribution in [3.63, 3.8) is 0 Å². The number of nitrogens with zero attached hydrogens (tertiary/aromatic N) is 1. The van der Waals surface area contributed by atoms with Crippen LogP contribution in [0.25, 0.3) is 0 Å². The van der Waals surface area contributed by atoms with E-state index in [2.05, 4.69) is 0 Å². The van der Waals surface area contributed by atoms with Crippen LogP contribution in [0.5, 0.6) is 0 Å². The number of hydrogen-bond acceptors (Lipinski definition) is 8. The van der Waals surface area contributed by atoms with Crippen molar-refractivity contribution in [2.24, 2.45) is 0 Å². The molecule has 11 heteroatoms. The minimum Gasteiger partial charge on any atom is -0.310 e. The van der Waals surface area contributed by atoms with E-state index in [9.17, 15) is 13.2 Å². The average Bonchev–Trinajstić information content (AvgIpc) is 2.87. The number of sulfonamides is 1. The van der Waals surface area contributed by atoms with Crippen molar-refractivity contribution in [1.82, 2.24) is 4.31 Å². The van der Waals surface area contributed by atoms with Gasteiger partial charge >= 0.3 is 0 Å². The highest BCUT2D eigenvalue weighted by Crippen LogP contribution is 2.76. The second-order valence-electron chi connectivity index (χ2n) is 5.48. The second kappa shape index (κ2) is 9.41. The molecule has 1 aromatic rings. The lowest BCUT2D eigenvalue weighted by Gasteiger charge is -2.27. The van der Waals surface area contributed by atoms with Crippen molar-refractivity contribution in [1.29, 1.82) is 0 Å². The highest BCUT2D eigenvalue weighted by Gasteiger charge is 2.54. The monoisotopic (exact) mass is 455 g/mol. The maximum atomic E-state index is 13.2. The first kappa shape index (κ1) is 22.2. The summed E-state index contributed by atoms with van der Waals surface area (Å²) >= 11 is 7.64. The topological polar surface area (TPSA) is 72.9 Å². The number of carbonyl (C=O) groups is 1. The first-order valence-electron chi connectivity index (χ1n) is 8.11. The van der Waals surface area contributed by atoms with E-state index in [4.69, 9.17) is 20.2 Å². The Morgan fingerprint density at radius 1 is 1.23 bits per heavy atom. The zero-order valence-corrected chi connectivity index (χ0v) is 18.9. The van der Waals surface area contributed by atoms with E-state index >= 15 is 0 Å². The predicted molar refractivity (Wildman–Crippen MR) is 112 cm³/mol. The van der Waals surface area contributed by atoms with E-state index in [-0.39, 0.29) is 6.42 Å². The van der Waals surface area contributed by atoms with Crippen LogP contribution in [-0.2, 0) is 35.0 Å². The second-order valence-corrected chi connectivity index (χ2v) is 18.5. The number of rotatable bonds is 9. The Bertz CT molecular complexity index is 762. The summed E-state index contributed by atoms with van der Waals surface area (Å²) in [5, 5.41) is 0. The molecule has 1 aliphatic heterocycles. The smallest absolute Gasteiger partial charge is 0.247 e. The van der Waals surface area contributed by atoms with Crippen molar-refractivity contribution in [3.05, 3.63) is 35.9 Å². The van der Waals surface area contributed by atoms with E-state index in [0.29, 0.717) is 13.2 Å². The van der Waals surface area contributed by atoms with Gasteiger partial charge in [0.25, 0.3) is 0 Å². The first-order valence-corrected chi connectivity index (χ1v) is 15.2. The molecule has 1 heterocycles. The van der Waals surface area contributed by atoms with Gasteiger partial charge in [-0.05, 0) is 26.3 Å². The van der Waals surface area contributed by atoms with Crippen molar-refractivity contribution in [3.8, 4) is 0 Å². The number of amides is 1. The Kier molecular flexibility index (Phi) is 8.03. The summed E-state index contributed by atoms with van der Waals surface area (Å²) in [6.45, 7) is 6.09. The molecule has 1 aliphatic rings. The van der Waals surface area contributed by atoms with Crippen LogP contribution in [0.15, 0.2) is 30.3 Å². The van der Waals surface area contributed by atoms with Gasteiger partial charge < -0.3 is 8.37 Å². The van der Waals surface area contributed by atoms with Gasteiger partial charge in [0.05, 0.1) is 25.7 Å². The molecule has 0 radical (unpaired) electrons. The Hall–Kier alpha value is -0.0900. The molecule has 0 saturated carbocycles. The molecule has 146 valence electrons. The maximum Gasteiger partial charge on any atom is 0.247 e. The number of hydrogen-bond donors (Lipinski definition) is 0. The summed E-state index contributed by atoms with van der Waals surface area (Å²) in [5.74, 6) is -0.435. The van der Waals surface area contributed by atoms with Gasteiger partial charge in [-0.15, -0.1) is 0 Å². The standard InChI is InChI=1S/C15H22NO5PS4/c1-4-20-24-22(23,25-21-5-2)15-11-14(17)16(26(15,18)19)12(3)13-9-7-6-8-10-13/h6-10,12,15H,4-5,11H2,1-3H3. The molecule has 2 atom stereocenters. The fraction of sp³-hybridized carbons (Fsp3) is 0.533. The molecule has 6 nitrogen and oxygen atoms in total. The molecule has 1 fully saturated rings. The molecule has 0 N–H and O–H groups in total. The lowest BCUT2D eigenvalue weighted by molar-refractivity contribution is -0.126. The van der Waals surface area contributed by atoms with Gasteiger partial charge in [-0.3, -0.25) is 4.79 Å². The third-order valence-electron chi connectivity index (χ3n) is 3.75. The molecule has 26 heavy (non-hydrogen) atoms. The summed E-state index contributed by atoms with van der Waals surface area (Å²) in [6.07, 6.45) is -0.142. The third kappa shape index (κ3) is 4.66. The Morgan fingerprint density at radius 2 is 1.77 bits per heavy atom. The van der Waals surface area contributed by atoms with Gasteiger partial charge in [-0.1, -0.05) is 42.1 Å². The predicted octanol–water partition coefficient (Wildman–Crippen LogP) is 4.31. The molecular formula is C15H22NO5PS4. The van der Waals surface area contributed by atoms with Crippen molar-refractivity contribution in [2.45, 2.75) is 38.2 Å². The molecule has 0 bridgehead atoms. The zero-order chi connectivity index (χ0) is 19.4.